The number of piperidine rings is 1. The lowest BCUT2D eigenvalue weighted by atomic mass is 9.47. The van der Waals surface area contributed by atoms with Crippen LogP contribution < -0.4 is 0 Å². The summed E-state index contributed by atoms with van der Waals surface area (Å²) < 4.78 is 0. The van der Waals surface area contributed by atoms with Crippen molar-refractivity contribution in [1.82, 2.24) is 4.90 Å². The van der Waals surface area contributed by atoms with Crippen LogP contribution in [-0.4, -0.2) is 34.9 Å². The number of likely N-dealkylation sites (tertiary alicyclic amines) is 1. The summed E-state index contributed by atoms with van der Waals surface area (Å²) in [7, 11) is 0. The molecule has 3 heteroatoms. The van der Waals surface area contributed by atoms with Crippen molar-refractivity contribution in [3.63, 3.8) is 0 Å². The molecule has 4 aliphatic rings. The Morgan fingerprint density at radius 3 is 2.81 bits per heavy atom. The first-order valence-electron chi connectivity index (χ1n) is 11.1. The van der Waals surface area contributed by atoms with Gasteiger partial charge in [0.15, 0.2) is 0 Å². The number of rotatable bonds is 3. The van der Waals surface area contributed by atoms with Crippen molar-refractivity contribution in [1.29, 1.82) is 0 Å². The molecule has 2 saturated carbocycles. The highest BCUT2D eigenvalue weighted by Crippen LogP contribution is 2.59. The van der Waals surface area contributed by atoms with Crippen LogP contribution in [0.5, 0.6) is 5.75 Å². The van der Waals surface area contributed by atoms with E-state index in [0.717, 1.165) is 31.7 Å². The fourth-order valence-electron chi connectivity index (χ4n) is 7.13. The Labute approximate surface area is 163 Å². The Balaban J connectivity index is 1.61. The zero-order valence-electron chi connectivity index (χ0n) is 16.8. The van der Waals surface area contributed by atoms with Crippen molar-refractivity contribution < 1.29 is 9.90 Å². The maximum Gasteiger partial charge on any atom is 0.136 e. The molecule has 1 saturated heterocycles. The van der Waals surface area contributed by atoms with Crippen LogP contribution >= 0.6 is 0 Å². The van der Waals surface area contributed by atoms with Crippen LogP contribution in [0.4, 0.5) is 0 Å². The van der Waals surface area contributed by atoms with Crippen LogP contribution in [0.25, 0.3) is 0 Å². The van der Waals surface area contributed by atoms with Gasteiger partial charge in [0.2, 0.25) is 0 Å². The lowest BCUT2D eigenvalue weighted by Crippen LogP contribution is -2.66. The first kappa shape index (κ1) is 17.7. The molecule has 0 spiro atoms. The van der Waals surface area contributed by atoms with Crippen molar-refractivity contribution in [3.8, 4) is 5.75 Å². The van der Waals surface area contributed by atoms with E-state index in [1.165, 1.54) is 36.9 Å². The molecule has 5 rings (SSSR count). The summed E-state index contributed by atoms with van der Waals surface area (Å²) in [6.07, 6.45) is 8.13. The monoisotopic (exact) mass is 367 g/mol. The molecular formula is C24H33NO2. The van der Waals surface area contributed by atoms with E-state index in [0.29, 0.717) is 35.8 Å². The predicted molar refractivity (Wildman–Crippen MR) is 107 cm³/mol. The summed E-state index contributed by atoms with van der Waals surface area (Å²) in [6, 6.07) is 6.53. The minimum absolute atomic E-state index is 0.0443. The first-order valence-corrected chi connectivity index (χ1v) is 11.1. The van der Waals surface area contributed by atoms with E-state index in [-0.39, 0.29) is 11.3 Å². The van der Waals surface area contributed by atoms with Gasteiger partial charge in [-0.15, -0.1) is 0 Å². The Kier molecular flexibility index (Phi) is 4.16. The molecule has 1 aromatic rings. The molecule has 1 aromatic carbocycles. The van der Waals surface area contributed by atoms with E-state index in [1.54, 1.807) is 0 Å². The summed E-state index contributed by atoms with van der Waals surface area (Å²) in [6.45, 7) is 6.82. The van der Waals surface area contributed by atoms with E-state index in [1.807, 2.05) is 12.1 Å². The molecule has 0 aromatic heterocycles. The summed E-state index contributed by atoms with van der Waals surface area (Å²) in [5, 5.41) is 10.2. The molecule has 1 N–H and O–H groups in total. The average molecular weight is 368 g/mol. The standard InChI is InChI=1S/C24H33NO2/c1-3-19-15(2)22(27)13-24-9-10-25(14-16-5-4-6-16)21(23(19)24)11-17-7-8-18(26)12-20(17)24/h7-8,12,15-16,19,21,23,26H,3-6,9-11,13-14H2,1-2H3/t15-,19-,21+,23-,24+/m0/s1. The Bertz CT molecular complexity index is 755. The molecule has 1 aliphatic heterocycles. The van der Waals surface area contributed by atoms with Gasteiger partial charge >= 0.3 is 0 Å². The van der Waals surface area contributed by atoms with Crippen LogP contribution in [0.15, 0.2) is 18.2 Å². The molecule has 0 radical (unpaired) electrons. The predicted octanol–water partition coefficient (Wildman–Crippen LogP) is 4.31. The van der Waals surface area contributed by atoms with Crippen molar-refractivity contribution >= 4 is 5.78 Å². The zero-order chi connectivity index (χ0) is 18.8. The van der Waals surface area contributed by atoms with Gasteiger partial charge < -0.3 is 5.11 Å². The normalized spacial score (nSPS) is 38.8. The molecule has 146 valence electrons. The molecule has 0 amide bonds. The molecule has 3 fully saturated rings. The summed E-state index contributed by atoms with van der Waals surface area (Å²) >= 11 is 0. The molecule has 3 nitrogen and oxygen atoms in total. The van der Waals surface area contributed by atoms with Crippen molar-refractivity contribution in [2.24, 2.45) is 23.7 Å². The summed E-state index contributed by atoms with van der Waals surface area (Å²) in [5.41, 5.74) is 2.63. The smallest absolute Gasteiger partial charge is 0.136 e. The number of hydrogen-bond donors (Lipinski definition) is 1. The first-order chi connectivity index (χ1) is 13.0. The lowest BCUT2D eigenvalue weighted by Gasteiger charge is -2.62. The Hall–Kier alpha value is -1.35. The van der Waals surface area contributed by atoms with Gasteiger partial charge in [-0.05, 0) is 73.2 Å². The number of carbonyl (C=O) groups is 1. The minimum Gasteiger partial charge on any atom is -0.508 e. The Morgan fingerprint density at radius 2 is 2.11 bits per heavy atom. The highest BCUT2D eigenvalue weighted by atomic mass is 16.3. The second kappa shape index (κ2) is 6.34. The minimum atomic E-state index is -0.0443. The lowest BCUT2D eigenvalue weighted by molar-refractivity contribution is -0.140. The van der Waals surface area contributed by atoms with E-state index in [4.69, 9.17) is 0 Å². The molecule has 1 heterocycles. The van der Waals surface area contributed by atoms with Gasteiger partial charge in [-0.2, -0.15) is 0 Å². The maximum atomic E-state index is 13.0. The van der Waals surface area contributed by atoms with Gasteiger partial charge in [0.1, 0.15) is 11.5 Å². The molecule has 27 heavy (non-hydrogen) atoms. The van der Waals surface area contributed by atoms with E-state index in [2.05, 4.69) is 24.8 Å². The van der Waals surface area contributed by atoms with Gasteiger partial charge in [-0.25, -0.2) is 0 Å². The third-order valence-corrected chi connectivity index (χ3v) is 8.72. The molecule has 0 unspecified atom stereocenters. The molecule has 2 bridgehead atoms. The van der Waals surface area contributed by atoms with Crippen molar-refractivity contribution in [2.75, 3.05) is 13.1 Å². The number of phenols is 1. The van der Waals surface area contributed by atoms with Crippen molar-refractivity contribution in [2.45, 2.75) is 70.3 Å². The van der Waals surface area contributed by atoms with Gasteiger partial charge in [-0.3, -0.25) is 9.69 Å². The Morgan fingerprint density at radius 1 is 1.30 bits per heavy atom. The second-order valence-corrected chi connectivity index (χ2v) is 9.84. The summed E-state index contributed by atoms with van der Waals surface area (Å²) in [5.74, 6) is 2.89. The number of carbonyl (C=O) groups excluding carboxylic acids is 1. The second-order valence-electron chi connectivity index (χ2n) is 9.84. The maximum absolute atomic E-state index is 13.0. The highest BCUT2D eigenvalue weighted by molar-refractivity contribution is 5.84. The molecule has 3 aliphatic carbocycles. The van der Waals surface area contributed by atoms with Gasteiger partial charge in [-0.1, -0.05) is 32.8 Å². The number of nitrogens with zero attached hydrogens (tertiary/aromatic N) is 1. The number of phenolic OH excluding ortho intramolecular Hbond substituents is 1. The fraction of sp³-hybridized carbons (Fsp3) is 0.708. The van der Waals surface area contributed by atoms with Gasteiger partial charge in [0, 0.05) is 30.3 Å². The SMILES string of the molecule is CC[C@@H]1[C@H]2[C@H]3Cc4ccc(O)cc4[C@@]2(CCN3CC2CCC2)CC(=O)[C@H]1C. The largest absolute Gasteiger partial charge is 0.508 e. The van der Waals surface area contributed by atoms with E-state index >= 15 is 0 Å². The van der Waals surface area contributed by atoms with Crippen molar-refractivity contribution in [3.05, 3.63) is 29.3 Å². The van der Waals surface area contributed by atoms with E-state index in [9.17, 15) is 9.90 Å². The molecular weight excluding hydrogens is 334 g/mol. The van der Waals surface area contributed by atoms with Crippen LogP contribution in [0.3, 0.4) is 0 Å². The van der Waals surface area contributed by atoms with Gasteiger partial charge in [0.05, 0.1) is 0 Å². The number of Topliss-reactive ketones (excluding diaryl/α,β-unsaturated/α-hetero) is 1. The number of benzene rings is 1. The summed E-state index contributed by atoms with van der Waals surface area (Å²) in [4.78, 5) is 15.8. The fourth-order valence-corrected chi connectivity index (χ4v) is 7.13. The van der Waals surface area contributed by atoms with Crippen LogP contribution in [0.2, 0.25) is 0 Å². The van der Waals surface area contributed by atoms with E-state index < -0.39 is 0 Å². The number of aromatic hydroxyl groups is 1. The van der Waals surface area contributed by atoms with Gasteiger partial charge in [0.25, 0.3) is 0 Å². The number of hydrogen-bond acceptors (Lipinski definition) is 3. The highest BCUT2D eigenvalue weighted by Gasteiger charge is 2.60. The quantitative estimate of drug-likeness (QED) is 0.865. The number of ketones is 1. The van der Waals surface area contributed by atoms with Crippen LogP contribution in [-0.2, 0) is 16.6 Å². The average Bonchev–Trinajstić information content (AvgIpc) is 2.61. The third kappa shape index (κ3) is 2.53. The van der Waals surface area contributed by atoms with Crippen LogP contribution in [0.1, 0.15) is 63.5 Å². The topological polar surface area (TPSA) is 40.5 Å². The van der Waals surface area contributed by atoms with Crippen LogP contribution in [0, 0.1) is 23.7 Å². The third-order valence-electron chi connectivity index (χ3n) is 8.72. The zero-order valence-corrected chi connectivity index (χ0v) is 16.8. The molecule has 5 atom stereocenters. The number of fused-ring (bicyclic) bond motifs is 1.